The van der Waals surface area contributed by atoms with Gasteiger partial charge in [0.2, 0.25) is 0 Å². The summed E-state index contributed by atoms with van der Waals surface area (Å²) in [7, 11) is 0. The van der Waals surface area contributed by atoms with Crippen LogP contribution in [-0.2, 0) is 4.79 Å². The quantitative estimate of drug-likeness (QED) is 0.909. The predicted octanol–water partition coefficient (Wildman–Crippen LogP) is 3.64. The molecule has 21 heavy (non-hydrogen) atoms. The third-order valence-electron chi connectivity index (χ3n) is 3.33. The van der Waals surface area contributed by atoms with Crippen LogP contribution in [0.2, 0.25) is 0 Å². The zero-order valence-corrected chi connectivity index (χ0v) is 12.7. The number of hydrogen-bond acceptors (Lipinski definition) is 2. The van der Waals surface area contributed by atoms with Gasteiger partial charge in [0, 0.05) is 0 Å². The maximum atomic E-state index is 12.2. The average Bonchev–Trinajstić information content (AvgIpc) is 2.48. The molecular formula is C18H21NO2. The molecule has 0 fully saturated rings. The van der Waals surface area contributed by atoms with Crippen LogP contribution in [0.15, 0.2) is 54.6 Å². The molecule has 3 heteroatoms. The van der Waals surface area contributed by atoms with Gasteiger partial charge >= 0.3 is 0 Å². The van der Waals surface area contributed by atoms with Crippen molar-refractivity contribution in [2.75, 3.05) is 0 Å². The van der Waals surface area contributed by atoms with Crippen LogP contribution >= 0.6 is 0 Å². The highest BCUT2D eigenvalue weighted by Crippen LogP contribution is 2.15. The third-order valence-corrected chi connectivity index (χ3v) is 3.33. The van der Waals surface area contributed by atoms with Crippen molar-refractivity contribution in [3.05, 3.63) is 65.7 Å². The summed E-state index contributed by atoms with van der Waals surface area (Å²) >= 11 is 0. The van der Waals surface area contributed by atoms with E-state index in [-0.39, 0.29) is 11.9 Å². The Kier molecular flexibility index (Phi) is 4.99. The lowest BCUT2D eigenvalue weighted by Crippen LogP contribution is -2.37. The van der Waals surface area contributed by atoms with Gasteiger partial charge < -0.3 is 10.1 Å². The largest absolute Gasteiger partial charge is 0.481 e. The van der Waals surface area contributed by atoms with Crippen molar-refractivity contribution >= 4 is 5.91 Å². The minimum Gasteiger partial charge on any atom is -0.481 e. The van der Waals surface area contributed by atoms with Gasteiger partial charge in [-0.2, -0.15) is 0 Å². The summed E-state index contributed by atoms with van der Waals surface area (Å²) in [6.07, 6.45) is -0.530. The molecule has 0 aromatic heterocycles. The molecule has 3 nitrogen and oxygen atoms in total. The molecule has 2 aromatic carbocycles. The van der Waals surface area contributed by atoms with Gasteiger partial charge in [0.15, 0.2) is 6.10 Å². The van der Waals surface area contributed by atoms with Crippen LogP contribution in [0.1, 0.15) is 31.0 Å². The van der Waals surface area contributed by atoms with Gasteiger partial charge in [-0.05, 0) is 44.0 Å². The van der Waals surface area contributed by atoms with Gasteiger partial charge in [0.05, 0.1) is 6.04 Å². The van der Waals surface area contributed by atoms with Gasteiger partial charge in [0.1, 0.15) is 5.75 Å². The number of amides is 1. The Labute approximate surface area is 126 Å². The van der Waals surface area contributed by atoms with Crippen molar-refractivity contribution in [3.8, 4) is 5.75 Å². The summed E-state index contributed by atoms with van der Waals surface area (Å²) in [4.78, 5) is 12.2. The predicted molar refractivity (Wildman–Crippen MR) is 84.3 cm³/mol. The van der Waals surface area contributed by atoms with Crippen molar-refractivity contribution in [3.63, 3.8) is 0 Å². The molecule has 0 radical (unpaired) electrons. The maximum absolute atomic E-state index is 12.2. The maximum Gasteiger partial charge on any atom is 0.261 e. The first-order chi connectivity index (χ1) is 10.1. The Hall–Kier alpha value is -2.29. The smallest absolute Gasteiger partial charge is 0.261 e. The third kappa shape index (κ3) is 4.35. The first kappa shape index (κ1) is 15.1. The van der Waals surface area contributed by atoms with E-state index in [2.05, 4.69) is 5.32 Å². The monoisotopic (exact) mass is 283 g/mol. The van der Waals surface area contributed by atoms with Crippen molar-refractivity contribution in [2.45, 2.75) is 32.9 Å². The Morgan fingerprint density at radius 3 is 2.43 bits per heavy atom. The Bertz CT molecular complexity index is 595. The molecule has 0 saturated heterocycles. The molecular weight excluding hydrogens is 262 g/mol. The molecule has 2 rings (SSSR count). The number of benzene rings is 2. The molecule has 0 heterocycles. The highest BCUT2D eigenvalue weighted by Gasteiger charge is 2.17. The van der Waals surface area contributed by atoms with Crippen LogP contribution < -0.4 is 10.1 Å². The fourth-order valence-electron chi connectivity index (χ4n) is 2.10. The van der Waals surface area contributed by atoms with E-state index in [1.54, 1.807) is 6.92 Å². The van der Waals surface area contributed by atoms with Crippen LogP contribution in [0, 0.1) is 6.92 Å². The number of aryl methyl sites for hydroxylation is 1. The lowest BCUT2D eigenvalue weighted by atomic mass is 10.1. The van der Waals surface area contributed by atoms with E-state index in [9.17, 15) is 4.79 Å². The molecule has 2 atom stereocenters. The SMILES string of the molecule is Cc1cccc(O[C@H](C)C(=O)N[C@@H](C)c2ccccc2)c1. The zero-order valence-electron chi connectivity index (χ0n) is 12.7. The molecule has 1 N–H and O–H groups in total. The molecule has 0 saturated carbocycles. The molecule has 0 aliphatic heterocycles. The fourth-order valence-corrected chi connectivity index (χ4v) is 2.10. The summed E-state index contributed by atoms with van der Waals surface area (Å²) in [5.41, 5.74) is 2.19. The van der Waals surface area contributed by atoms with E-state index in [4.69, 9.17) is 4.74 Å². The van der Waals surface area contributed by atoms with E-state index < -0.39 is 6.10 Å². The molecule has 0 aliphatic carbocycles. The summed E-state index contributed by atoms with van der Waals surface area (Å²) in [6.45, 7) is 5.72. The van der Waals surface area contributed by atoms with E-state index in [1.807, 2.05) is 68.4 Å². The molecule has 2 aromatic rings. The normalized spacial score (nSPS) is 13.3. The summed E-state index contributed by atoms with van der Waals surface area (Å²) < 4.78 is 5.68. The second kappa shape index (κ2) is 6.93. The van der Waals surface area contributed by atoms with Gasteiger partial charge in [-0.25, -0.2) is 0 Å². The molecule has 0 spiro atoms. The molecule has 0 unspecified atom stereocenters. The van der Waals surface area contributed by atoms with Gasteiger partial charge in [-0.3, -0.25) is 4.79 Å². The number of hydrogen-bond donors (Lipinski definition) is 1. The number of nitrogens with one attached hydrogen (secondary N) is 1. The van der Waals surface area contributed by atoms with E-state index in [0.717, 1.165) is 11.1 Å². The highest BCUT2D eigenvalue weighted by atomic mass is 16.5. The van der Waals surface area contributed by atoms with Gasteiger partial charge in [0.25, 0.3) is 5.91 Å². The van der Waals surface area contributed by atoms with Crippen LogP contribution in [0.3, 0.4) is 0 Å². The number of carbonyl (C=O) groups is 1. The van der Waals surface area contributed by atoms with Crippen LogP contribution in [-0.4, -0.2) is 12.0 Å². The topological polar surface area (TPSA) is 38.3 Å². The Morgan fingerprint density at radius 2 is 1.76 bits per heavy atom. The Balaban J connectivity index is 1.94. The van der Waals surface area contributed by atoms with E-state index >= 15 is 0 Å². The molecule has 1 amide bonds. The Morgan fingerprint density at radius 1 is 1.05 bits per heavy atom. The summed E-state index contributed by atoms with van der Waals surface area (Å²) in [5.74, 6) is 0.595. The van der Waals surface area contributed by atoms with Crippen LogP contribution in [0.5, 0.6) is 5.75 Å². The van der Waals surface area contributed by atoms with Crippen molar-refractivity contribution < 1.29 is 9.53 Å². The highest BCUT2D eigenvalue weighted by molar-refractivity contribution is 5.81. The zero-order chi connectivity index (χ0) is 15.2. The fraction of sp³-hybridized carbons (Fsp3) is 0.278. The lowest BCUT2D eigenvalue weighted by molar-refractivity contribution is -0.127. The summed E-state index contributed by atoms with van der Waals surface area (Å²) in [6, 6.07) is 17.5. The van der Waals surface area contributed by atoms with Crippen LogP contribution in [0.4, 0.5) is 0 Å². The molecule has 0 aliphatic rings. The minimum atomic E-state index is -0.530. The van der Waals surface area contributed by atoms with E-state index in [1.165, 1.54) is 0 Å². The van der Waals surface area contributed by atoms with E-state index in [0.29, 0.717) is 5.75 Å². The molecule has 0 bridgehead atoms. The minimum absolute atomic E-state index is 0.0396. The molecule has 110 valence electrons. The average molecular weight is 283 g/mol. The first-order valence-electron chi connectivity index (χ1n) is 7.15. The van der Waals surface area contributed by atoms with Crippen LogP contribution in [0.25, 0.3) is 0 Å². The van der Waals surface area contributed by atoms with Gasteiger partial charge in [-0.1, -0.05) is 42.5 Å². The van der Waals surface area contributed by atoms with Crippen molar-refractivity contribution in [1.82, 2.24) is 5.32 Å². The first-order valence-corrected chi connectivity index (χ1v) is 7.15. The number of rotatable bonds is 5. The summed E-state index contributed by atoms with van der Waals surface area (Å²) in [5, 5.41) is 2.97. The number of carbonyl (C=O) groups excluding carboxylic acids is 1. The second-order valence-electron chi connectivity index (χ2n) is 5.22. The lowest BCUT2D eigenvalue weighted by Gasteiger charge is -2.19. The van der Waals surface area contributed by atoms with Gasteiger partial charge in [-0.15, -0.1) is 0 Å². The second-order valence-corrected chi connectivity index (χ2v) is 5.22. The van der Waals surface area contributed by atoms with Crippen molar-refractivity contribution in [2.24, 2.45) is 0 Å². The number of ether oxygens (including phenoxy) is 1. The van der Waals surface area contributed by atoms with Crippen molar-refractivity contribution in [1.29, 1.82) is 0 Å². The standard InChI is InChI=1S/C18H21NO2/c1-13-8-7-11-17(12-13)21-15(3)18(20)19-14(2)16-9-5-4-6-10-16/h4-12,14-15H,1-3H3,(H,19,20)/t14-,15+/m0/s1.